The Labute approximate surface area is 170 Å². The van der Waals surface area contributed by atoms with Crippen LogP contribution in [0, 0.1) is 29.6 Å². The Hall–Kier alpha value is -3.28. The maximum Gasteiger partial charge on any atom is 0.248 e. The quantitative estimate of drug-likeness (QED) is 0.645. The third kappa shape index (κ3) is 6.46. The molecule has 0 fully saturated rings. The van der Waals surface area contributed by atoms with Crippen LogP contribution in [0.3, 0.4) is 0 Å². The molecule has 0 aliphatic carbocycles. The van der Waals surface area contributed by atoms with Gasteiger partial charge in [-0.05, 0) is 54.5 Å². The lowest BCUT2D eigenvalue weighted by Crippen LogP contribution is -2.25. The maximum atomic E-state index is 12.1. The van der Waals surface area contributed by atoms with Gasteiger partial charge in [0, 0.05) is 35.6 Å². The average Bonchev–Trinajstić information content (AvgIpc) is 2.67. The molecular weight excluding hydrogens is 372 g/mol. The van der Waals surface area contributed by atoms with E-state index < -0.39 is 0 Å². The summed E-state index contributed by atoms with van der Waals surface area (Å²) in [5.41, 5.74) is 3.53. The van der Waals surface area contributed by atoms with Gasteiger partial charge in [-0.25, -0.2) is 0 Å². The molecule has 142 valence electrons. The number of nitriles is 2. The van der Waals surface area contributed by atoms with E-state index in [4.69, 9.17) is 22.1 Å². The van der Waals surface area contributed by atoms with Crippen LogP contribution >= 0.6 is 11.6 Å². The van der Waals surface area contributed by atoms with E-state index in [2.05, 4.69) is 17.5 Å². The molecule has 6 heteroatoms. The Morgan fingerprint density at radius 1 is 1.14 bits per heavy atom. The molecule has 1 N–H and O–H groups in total. The third-order valence-electron chi connectivity index (χ3n) is 4.11. The Balaban J connectivity index is 2.08. The first kappa shape index (κ1) is 21.0. The van der Waals surface area contributed by atoms with Crippen LogP contribution in [-0.4, -0.2) is 19.0 Å². The van der Waals surface area contributed by atoms with Crippen LogP contribution in [0.4, 0.5) is 11.4 Å². The van der Waals surface area contributed by atoms with Crippen molar-refractivity contribution in [2.75, 3.05) is 23.3 Å². The van der Waals surface area contributed by atoms with Crippen LogP contribution in [0.25, 0.3) is 6.08 Å². The summed E-state index contributed by atoms with van der Waals surface area (Å²) in [5.74, 6) is -0.240. The normalized spacial score (nSPS) is 10.3. The summed E-state index contributed by atoms with van der Waals surface area (Å²) in [6, 6.07) is 17.1. The number of hydrogen-bond donors (Lipinski definition) is 1. The smallest absolute Gasteiger partial charge is 0.248 e. The second-order valence-corrected chi connectivity index (χ2v) is 6.61. The average molecular weight is 393 g/mol. The van der Waals surface area contributed by atoms with E-state index >= 15 is 0 Å². The fourth-order valence-electron chi connectivity index (χ4n) is 2.70. The Bertz CT molecular complexity index is 922. The van der Waals surface area contributed by atoms with E-state index in [1.807, 2.05) is 30.0 Å². The van der Waals surface area contributed by atoms with Gasteiger partial charge < -0.3 is 10.2 Å². The summed E-state index contributed by atoms with van der Waals surface area (Å²) in [7, 11) is 0. The summed E-state index contributed by atoms with van der Waals surface area (Å²) in [4.78, 5) is 14.1. The van der Waals surface area contributed by atoms with Crippen LogP contribution < -0.4 is 10.2 Å². The molecule has 2 aromatic rings. The van der Waals surface area contributed by atoms with Gasteiger partial charge >= 0.3 is 0 Å². The topological polar surface area (TPSA) is 79.9 Å². The molecule has 5 nitrogen and oxygen atoms in total. The standard InChI is InChI=1S/C22H21ClN4O/c1-17-15-21(27(13-3-11-24)14-4-12-25)9-7-18(17)8-10-22(28)26-20-6-2-5-19(23)16-20/h2,5-10,15-16H,3-4,13-14H2,1H3,(H,26,28). The first-order chi connectivity index (χ1) is 13.5. The summed E-state index contributed by atoms with van der Waals surface area (Å²) in [6.07, 6.45) is 4.03. The summed E-state index contributed by atoms with van der Waals surface area (Å²) < 4.78 is 0. The summed E-state index contributed by atoms with van der Waals surface area (Å²) in [5, 5.41) is 21.0. The van der Waals surface area contributed by atoms with Gasteiger partial charge in [-0.15, -0.1) is 0 Å². The molecule has 2 aromatic carbocycles. The van der Waals surface area contributed by atoms with Gasteiger partial charge in [0.05, 0.1) is 25.0 Å². The van der Waals surface area contributed by atoms with E-state index in [1.165, 1.54) is 6.08 Å². The van der Waals surface area contributed by atoms with Gasteiger partial charge in [0.15, 0.2) is 0 Å². The van der Waals surface area contributed by atoms with Crippen molar-refractivity contribution in [1.29, 1.82) is 10.5 Å². The fraction of sp³-hybridized carbons (Fsp3) is 0.227. The van der Waals surface area contributed by atoms with E-state index in [0.717, 1.165) is 16.8 Å². The number of rotatable bonds is 8. The minimum atomic E-state index is -0.240. The summed E-state index contributed by atoms with van der Waals surface area (Å²) in [6.45, 7) is 3.12. The van der Waals surface area contributed by atoms with E-state index in [1.54, 1.807) is 30.3 Å². The number of nitrogens with zero attached hydrogens (tertiary/aromatic N) is 3. The molecule has 0 aromatic heterocycles. The van der Waals surface area contributed by atoms with E-state index in [0.29, 0.717) is 36.6 Å². The first-order valence-electron chi connectivity index (χ1n) is 8.87. The minimum absolute atomic E-state index is 0.240. The molecule has 0 aliphatic rings. The molecule has 0 heterocycles. The molecule has 28 heavy (non-hydrogen) atoms. The van der Waals surface area contributed by atoms with Gasteiger partial charge in [0.2, 0.25) is 5.91 Å². The number of hydrogen-bond acceptors (Lipinski definition) is 4. The number of carbonyl (C=O) groups is 1. The SMILES string of the molecule is Cc1cc(N(CCC#N)CCC#N)ccc1C=CC(=O)Nc1cccc(Cl)c1. The third-order valence-corrected chi connectivity index (χ3v) is 4.35. The molecule has 0 spiro atoms. The molecular formula is C22H21ClN4O. The lowest BCUT2D eigenvalue weighted by Gasteiger charge is -2.23. The Kier molecular flexibility index (Phi) is 8.09. The molecule has 2 rings (SSSR count). The highest BCUT2D eigenvalue weighted by Gasteiger charge is 2.08. The predicted octanol–water partition coefficient (Wildman–Crippen LogP) is 4.93. The number of halogens is 1. The predicted molar refractivity (Wildman–Crippen MR) is 113 cm³/mol. The van der Waals surface area contributed by atoms with Crippen LogP contribution in [0.1, 0.15) is 24.0 Å². The Morgan fingerprint density at radius 2 is 1.86 bits per heavy atom. The van der Waals surface area contributed by atoms with E-state index in [-0.39, 0.29) is 5.91 Å². The van der Waals surface area contributed by atoms with Gasteiger partial charge in [-0.2, -0.15) is 10.5 Å². The highest BCUT2D eigenvalue weighted by atomic mass is 35.5. The van der Waals surface area contributed by atoms with Crippen molar-refractivity contribution in [3.8, 4) is 12.1 Å². The molecule has 0 unspecified atom stereocenters. The zero-order valence-electron chi connectivity index (χ0n) is 15.7. The van der Waals surface area contributed by atoms with Crippen molar-refractivity contribution in [3.05, 3.63) is 64.7 Å². The maximum absolute atomic E-state index is 12.1. The molecule has 0 bridgehead atoms. The number of benzene rings is 2. The van der Waals surface area contributed by atoms with Crippen molar-refractivity contribution >= 4 is 35.0 Å². The fourth-order valence-corrected chi connectivity index (χ4v) is 2.89. The van der Waals surface area contributed by atoms with Crippen LogP contribution in [0.15, 0.2) is 48.5 Å². The monoisotopic (exact) mass is 392 g/mol. The molecule has 1 amide bonds. The Morgan fingerprint density at radius 3 is 2.46 bits per heavy atom. The second kappa shape index (κ2) is 10.8. The van der Waals surface area contributed by atoms with Gasteiger partial charge in [0.1, 0.15) is 0 Å². The molecule has 0 saturated heterocycles. The lowest BCUT2D eigenvalue weighted by atomic mass is 10.1. The highest BCUT2D eigenvalue weighted by Crippen LogP contribution is 2.21. The lowest BCUT2D eigenvalue weighted by molar-refractivity contribution is -0.111. The van der Waals surface area contributed by atoms with Crippen molar-refractivity contribution < 1.29 is 4.79 Å². The molecule has 0 atom stereocenters. The van der Waals surface area contributed by atoms with Crippen molar-refractivity contribution in [3.63, 3.8) is 0 Å². The first-order valence-corrected chi connectivity index (χ1v) is 9.25. The van der Waals surface area contributed by atoms with Crippen LogP contribution in [0.2, 0.25) is 5.02 Å². The molecule has 0 saturated carbocycles. The number of carbonyl (C=O) groups excluding carboxylic acids is 1. The van der Waals surface area contributed by atoms with Crippen molar-refractivity contribution in [1.82, 2.24) is 0 Å². The zero-order chi connectivity index (χ0) is 20.4. The number of aryl methyl sites for hydroxylation is 1. The van der Waals surface area contributed by atoms with Crippen molar-refractivity contribution in [2.24, 2.45) is 0 Å². The van der Waals surface area contributed by atoms with Gasteiger partial charge in [-0.1, -0.05) is 23.7 Å². The second-order valence-electron chi connectivity index (χ2n) is 6.18. The minimum Gasteiger partial charge on any atom is -0.369 e. The number of nitrogens with one attached hydrogen (secondary N) is 1. The highest BCUT2D eigenvalue weighted by molar-refractivity contribution is 6.30. The zero-order valence-corrected chi connectivity index (χ0v) is 16.4. The molecule has 0 aliphatic heterocycles. The summed E-state index contributed by atoms with van der Waals surface area (Å²) >= 11 is 5.92. The van der Waals surface area contributed by atoms with Gasteiger partial charge in [0.25, 0.3) is 0 Å². The van der Waals surface area contributed by atoms with Gasteiger partial charge in [-0.3, -0.25) is 4.79 Å². The van der Waals surface area contributed by atoms with Crippen LogP contribution in [0.5, 0.6) is 0 Å². The molecule has 0 radical (unpaired) electrons. The van der Waals surface area contributed by atoms with E-state index in [9.17, 15) is 4.79 Å². The van der Waals surface area contributed by atoms with Crippen LogP contribution in [-0.2, 0) is 4.79 Å². The number of amides is 1. The largest absolute Gasteiger partial charge is 0.369 e. The van der Waals surface area contributed by atoms with Crippen molar-refractivity contribution in [2.45, 2.75) is 19.8 Å². The number of anilines is 2.